The number of benzene rings is 2. The predicted octanol–water partition coefficient (Wildman–Crippen LogP) is 2.62. The summed E-state index contributed by atoms with van der Waals surface area (Å²) < 4.78 is 5.77. The molecule has 4 nitrogen and oxygen atoms in total. The van der Waals surface area contributed by atoms with Gasteiger partial charge in [0, 0.05) is 17.0 Å². The molecule has 4 rings (SSSR count). The third kappa shape index (κ3) is 2.89. The fourth-order valence-electron chi connectivity index (χ4n) is 3.26. The van der Waals surface area contributed by atoms with Crippen LogP contribution in [0, 0.1) is 0 Å². The molecule has 5 heteroatoms. The number of rotatable bonds is 2. The topological polar surface area (TPSA) is 49.8 Å². The lowest BCUT2D eigenvalue weighted by molar-refractivity contribution is -0.131. The summed E-state index contributed by atoms with van der Waals surface area (Å²) in [4.78, 5) is 16.1. The molecule has 2 aliphatic rings. The van der Waals surface area contributed by atoms with E-state index in [0.29, 0.717) is 19.7 Å². The van der Waals surface area contributed by atoms with E-state index in [1.54, 1.807) is 11.8 Å². The maximum Gasteiger partial charge on any atom is 0.236 e. The molecule has 0 saturated heterocycles. The molecule has 1 amide bonds. The zero-order valence-corrected chi connectivity index (χ0v) is 14.1. The molecule has 2 heterocycles. The number of aliphatic hydroxyl groups is 1. The van der Waals surface area contributed by atoms with Crippen LogP contribution >= 0.6 is 11.8 Å². The standard InChI is InChI=1S/C19H19NO3S/c21-12-13-5-6-16-15(9-13)11-20(7-8-23-16)19(22)18-10-14-3-1-2-4-17(14)24-18/h1-6,9,18,21H,7-8,10-12H2/t18-/m0/s1. The molecular weight excluding hydrogens is 322 g/mol. The van der Waals surface area contributed by atoms with Gasteiger partial charge in [0.15, 0.2) is 0 Å². The Morgan fingerprint density at radius 2 is 2.12 bits per heavy atom. The number of hydrogen-bond acceptors (Lipinski definition) is 4. The Kier molecular flexibility index (Phi) is 4.21. The zero-order chi connectivity index (χ0) is 16.5. The Hall–Kier alpha value is -1.98. The average molecular weight is 341 g/mol. The van der Waals surface area contributed by atoms with Crippen LogP contribution in [0.2, 0.25) is 0 Å². The van der Waals surface area contributed by atoms with Gasteiger partial charge < -0.3 is 14.7 Å². The molecule has 24 heavy (non-hydrogen) atoms. The van der Waals surface area contributed by atoms with Gasteiger partial charge in [0.05, 0.1) is 18.4 Å². The highest BCUT2D eigenvalue weighted by Gasteiger charge is 2.32. The highest BCUT2D eigenvalue weighted by molar-refractivity contribution is 8.01. The summed E-state index contributed by atoms with van der Waals surface area (Å²) in [5, 5.41) is 9.28. The molecule has 124 valence electrons. The number of ether oxygens (including phenoxy) is 1. The first-order chi connectivity index (χ1) is 11.7. The SMILES string of the molecule is O=C([C@@H]1Cc2ccccc2S1)N1CCOc2ccc(CO)cc2C1. The van der Waals surface area contributed by atoms with Crippen LogP contribution in [0.15, 0.2) is 47.4 Å². The van der Waals surface area contributed by atoms with Crippen LogP contribution in [0.4, 0.5) is 0 Å². The summed E-state index contributed by atoms with van der Waals surface area (Å²) in [5.41, 5.74) is 3.07. The van der Waals surface area contributed by atoms with Gasteiger partial charge in [-0.25, -0.2) is 0 Å². The highest BCUT2D eigenvalue weighted by Crippen LogP contribution is 2.38. The highest BCUT2D eigenvalue weighted by atomic mass is 32.2. The van der Waals surface area contributed by atoms with Crippen LogP contribution in [-0.4, -0.2) is 34.3 Å². The normalized spacial score (nSPS) is 19.2. The van der Waals surface area contributed by atoms with Crippen molar-refractivity contribution in [3.8, 4) is 5.75 Å². The molecule has 2 aromatic carbocycles. The van der Waals surface area contributed by atoms with Crippen molar-refractivity contribution in [2.75, 3.05) is 13.2 Å². The van der Waals surface area contributed by atoms with Crippen molar-refractivity contribution in [1.82, 2.24) is 4.90 Å². The lowest BCUT2D eigenvalue weighted by Crippen LogP contribution is -2.38. The van der Waals surface area contributed by atoms with Gasteiger partial charge >= 0.3 is 0 Å². The number of carbonyl (C=O) groups excluding carboxylic acids is 1. The van der Waals surface area contributed by atoms with Crippen molar-refractivity contribution in [1.29, 1.82) is 0 Å². The van der Waals surface area contributed by atoms with Gasteiger partial charge in [0.2, 0.25) is 5.91 Å². The Labute approximate surface area is 145 Å². The lowest BCUT2D eigenvalue weighted by Gasteiger charge is -2.23. The molecular formula is C19H19NO3S. The third-order valence-electron chi connectivity index (χ3n) is 4.52. The Morgan fingerprint density at radius 3 is 2.96 bits per heavy atom. The summed E-state index contributed by atoms with van der Waals surface area (Å²) in [6.07, 6.45) is 0.792. The maximum absolute atomic E-state index is 13.0. The number of thioether (sulfide) groups is 1. The van der Waals surface area contributed by atoms with Crippen molar-refractivity contribution in [3.63, 3.8) is 0 Å². The number of aliphatic hydroxyl groups excluding tert-OH is 1. The van der Waals surface area contributed by atoms with Gasteiger partial charge in [0.1, 0.15) is 12.4 Å². The van der Waals surface area contributed by atoms with Crippen LogP contribution in [0.5, 0.6) is 5.75 Å². The summed E-state index contributed by atoms with van der Waals surface area (Å²) in [7, 11) is 0. The molecule has 2 aliphatic heterocycles. The number of fused-ring (bicyclic) bond motifs is 2. The van der Waals surface area contributed by atoms with E-state index in [-0.39, 0.29) is 17.8 Å². The van der Waals surface area contributed by atoms with Crippen LogP contribution in [0.3, 0.4) is 0 Å². The van der Waals surface area contributed by atoms with Crippen LogP contribution in [0.1, 0.15) is 16.7 Å². The maximum atomic E-state index is 13.0. The first kappa shape index (κ1) is 15.5. The van der Waals surface area contributed by atoms with E-state index in [0.717, 1.165) is 23.3 Å². The molecule has 0 aromatic heterocycles. The fraction of sp³-hybridized carbons (Fsp3) is 0.316. The third-order valence-corrected chi connectivity index (χ3v) is 5.83. The van der Waals surface area contributed by atoms with E-state index in [9.17, 15) is 9.90 Å². The molecule has 0 fully saturated rings. The molecule has 0 spiro atoms. The number of nitrogens with zero attached hydrogens (tertiary/aromatic N) is 1. The average Bonchev–Trinajstić information content (AvgIpc) is 2.93. The first-order valence-electron chi connectivity index (χ1n) is 8.13. The second-order valence-corrected chi connectivity index (χ2v) is 7.37. The monoisotopic (exact) mass is 341 g/mol. The molecule has 2 aromatic rings. The smallest absolute Gasteiger partial charge is 0.236 e. The molecule has 0 saturated carbocycles. The van der Waals surface area contributed by atoms with Crippen LogP contribution in [-0.2, 0) is 24.4 Å². The minimum atomic E-state index is -0.0509. The van der Waals surface area contributed by atoms with Crippen LogP contribution < -0.4 is 4.74 Å². The van der Waals surface area contributed by atoms with E-state index in [4.69, 9.17) is 4.74 Å². The Bertz CT molecular complexity index is 752. The minimum absolute atomic E-state index is 0.00495. The molecule has 0 aliphatic carbocycles. The van der Waals surface area contributed by atoms with E-state index < -0.39 is 0 Å². The number of hydrogen-bond donors (Lipinski definition) is 1. The largest absolute Gasteiger partial charge is 0.491 e. The Morgan fingerprint density at radius 1 is 1.25 bits per heavy atom. The minimum Gasteiger partial charge on any atom is -0.491 e. The fourth-order valence-corrected chi connectivity index (χ4v) is 4.54. The van der Waals surface area contributed by atoms with E-state index in [2.05, 4.69) is 12.1 Å². The predicted molar refractivity (Wildman–Crippen MR) is 93.1 cm³/mol. The van der Waals surface area contributed by atoms with Crippen LogP contribution in [0.25, 0.3) is 0 Å². The second kappa shape index (κ2) is 6.49. The second-order valence-electron chi connectivity index (χ2n) is 6.13. The van der Waals surface area contributed by atoms with Crippen molar-refractivity contribution in [2.45, 2.75) is 29.7 Å². The quantitative estimate of drug-likeness (QED) is 0.912. The van der Waals surface area contributed by atoms with Crippen molar-refractivity contribution >= 4 is 17.7 Å². The molecule has 0 bridgehead atoms. The summed E-state index contributed by atoms with van der Waals surface area (Å²) in [6.45, 7) is 1.63. The lowest BCUT2D eigenvalue weighted by atomic mass is 10.1. The van der Waals surface area contributed by atoms with E-state index in [1.165, 1.54) is 10.5 Å². The van der Waals surface area contributed by atoms with Gasteiger partial charge in [-0.05, 0) is 35.7 Å². The van der Waals surface area contributed by atoms with Gasteiger partial charge in [-0.3, -0.25) is 4.79 Å². The molecule has 1 N–H and O–H groups in total. The molecule has 1 atom stereocenters. The molecule has 0 radical (unpaired) electrons. The first-order valence-corrected chi connectivity index (χ1v) is 9.01. The Balaban J connectivity index is 1.53. The van der Waals surface area contributed by atoms with Gasteiger partial charge in [-0.2, -0.15) is 0 Å². The molecule has 0 unspecified atom stereocenters. The van der Waals surface area contributed by atoms with Crippen molar-refractivity contribution in [2.24, 2.45) is 0 Å². The van der Waals surface area contributed by atoms with E-state index in [1.807, 2.05) is 35.2 Å². The summed E-state index contributed by atoms with van der Waals surface area (Å²) in [6, 6.07) is 13.9. The zero-order valence-electron chi connectivity index (χ0n) is 13.3. The van der Waals surface area contributed by atoms with Crippen molar-refractivity contribution in [3.05, 3.63) is 59.2 Å². The summed E-state index contributed by atoms with van der Waals surface area (Å²) >= 11 is 1.66. The number of amides is 1. The summed E-state index contributed by atoms with van der Waals surface area (Å²) in [5.74, 6) is 0.979. The number of carbonyl (C=O) groups is 1. The van der Waals surface area contributed by atoms with Gasteiger partial charge in [-0.1, -0.05) is 24.3 Å². The van der Waals surface area contributed by atoms with E-state index >= 15 is 0 Å². The van der Waals surface area contributed by atoms with Crippen molar-refractivity contribution < 1.29 is 14.6 Å². The van der Waals surface area contributed by atoms with Gasteiger partial charge in [0.25, 0.3) is 0 Å². The van der Waals surface area contributed by atoms with Gasteiger partial charge in [-0.15, -0.1) is 11.8 Å².